The van der Waals surface area contributed by atoms with E-state index in [2.05, 4.69) is 21.4 Å². The first kappa shape index (κ1) is 18.7. The van der Waals surface area contributed by atoms with Crippen molar-refractivity contribution in [3.63, 3.8) is 0 Å². The molecule has 0 unspecified atom stereocenters. The molecule has 0 radical (unpaired) electrons. The summed E-state index contributed by atoms with van der Waals surface area (Å²) in [7, 11) is 2.99. The van der Waals surface area contributed by atoms with E-state index in [0.29, 0.717) is 22.7 Å². The molecule has 0 saturated heterocycles. The number of carboxylic acid groups (broad SMARTS) is 1. The molecule has 0 aliphatic rings. The number of carbonyl (C=O) groups is 1. The average Bonchev–Trinajstić information content (AvgIpc) is 2.73. The predicted octanol–water partition coefficient (Wildman–Crippen LogP) is 3.47. The van der Waals surface area contributed by atoms with Gasteiger partial charge in [0.1, 0.15) is 17.6 Å². The Hall–Kier alpha value is -4.12. The smallest absolute Gasteiger partial charge is 0.335 e. The van der Waals surface area contributed by atoms with E-state index in [1.165, 1.54) is 26.4 Å². The van der Waals surface area contributed by atoms with E-state index in [4.69, 9.17) is 19.8 Å². The van der Waals surface area contributed by atoms with Crippen molar-refractivity contribution in [2.45, 2.75) is 0 Å². The first-order chi connectivity index (χ1) is 13.5. The number of methoxy groups -OCH3 is 2. The fourth-order valence-corrected chi connectivity index (χ4v) is 2.56. The van der Waals surface area contributed by atoms with Gasteiger partial charge < -0.3 is 19.9 Å². The van der Waals surface area contributed by atoms with Crippen LogP contribution in [0.5, 0.6) is 11.5 Å². The Bertz CT molecular complexity index is 1060. The van der Waals surface area contributed by atoms with E-state index in [1.54, 1.807) is 36.7 Å². The Morgan fingerprint density at radius 3 is 2.36 bits per heavy atom. The van der Waals surface area contributed by atoms with Crippen molar-refractivity contribution in [3.05, 3.63) is 59.9 Å². The van der Waals surface area contributed by atoms with Gasteiger partial charge in [0.2, 0.25) is 5.95 Å². The summed E-state index contributed by atoms with van der Waals surface area (Å²) in [5, 5.41) is 21.2. The largest absolute Gasteiger partial charge is 0.495 e. The van der Waals surface area contributed by atoms with Crippen LogP contribution in [-0.4, -0.2) is 35.3 Å². The van der Waals surface area contributed by atoms with Crippen LogP contribution in [0.15, 0.2) is 48.8 Å². The summed E-state index contributed by atoms with van der Waals surface area (Å²) in [5.41, 5.74) is 2.53. The molecule has 0 aliphatic heterocycles. The minimum atomic E-state index is -1.04. The molecule has 1 aromatic heterocycles. The summed E-state index contributed by atoms with van der Waals surface area (Å²) in [6.07, 6.45) is 3.23. The Morgan fingerprint density at radius 1 is 1.04 bits per heavy atom. The third kappa shape index (κ3) is 3.83. The SMILES string of the molecule is COc1cc(-c2cnc(Nc3cc(C(=O)O)ccc3OC)nc2)ccc1C#N. The molecular formula is C20H16N4O4. The highest BCUT2D eigenvalue weighted by Crippen LogP contribution is 2.29. The maximum absolute atomic E-state index is 11.2. The second-order valence-corrected chi connectivity index (χ2v) is 5.67. The molecule has 1 heterocycles. The number of benzene rings is 2. The highest BCUT2D eigenvalue weighted by Gasteiger charge is 2.11. The summed E-state index contributed by atoms with van der Waals surface area (Å²) < 4.78 is 10.5. The van der Waals surface area contributed by atoms with Gasteiger partial charge >= 0.3 is 5.97 Å². The van der Waals surface area contributed by atoms with Gasteiger partial charge in [-0.25, -0.2) is 14.8 Å². The van der Waals surface area contributed by atoms with Gasteiger partial charge in [-0.1, -0.05) is 6.07 Å². The van der Waals surface area contributed by atoms with Crippen molar-refractivity contribution in [2.75, 3.05) is 19.5 Å². The van der Waals surface area contributed by atoms with Crippen molar-refractivity contribution in [3.8, 4) is 28.7 Å². The summed E-state index contributed by atoms with van der Waals surface area (Å²) >= 11 is 0. The van der Waals surface area contributed by atoms with E-state index in [1.807, 2.05) is 0 Å². The second kappa shape index (κ2) is 8.05. The van der Waals surface area contributed by atoms with Gasteiger partial charge in [-0.05, 0) is 35.9 Å². The highest BCUT2D eigenvalue weighted by atomic mass is 16.5. The van der Waals surface area contributed by atoms with E-state index >= 15 is 0 Å². The van der Waals surface area contributed by atoms with Gasteiger partial charge in [0.05, 0.1) is 31.0 Å². The number of rotatable bonds is 6. The van der Waals surface area contributed by atoms with Crippen molar-refractivity contribution in [1.29, 1.82) is 5.26 Å². The quantitative estimate of drug-likeness (QED) is 0.671. The summed E-state index contributed by atoms with van der Waals surface area (Å²) in [4.78, 5) is 19.7. The number of carboxylic acids is 1. The molecule has 0 atom stereocenters. The molecule has 0 amide bonds. The van der Waals surface area contributed by atoms with Crippen molar-refractivity contribution < 1.29 is 19.4 Å². The zero-order chi connectivity index (χ0) is 20.1. The second-order valence-electron chi connectivity index (χ2n) is 5.67. The summed E-state index contributed by atoms with van der Waals surface area (Å²) in [5.74, 6) is 0.175. The predicted molar refractivity (Wildman–Crippen MR) is 102 cm³/mol. The lowest BCUT2D eigenvalue weighted by molar-refractivity contribution is 0.0697. The fraction of sp³-hybridized carbons (Fsp3) is 0.100. The zero-order valence-electron chi connectivity index (χ0n) is 15.1. The molecule has 28 heavy (non-hydrogen) atoms. The van der Waals surface area contributed by atoms with Crippen LogP contribution in [0, 0.1) is 11.3 Å². The standard InChI is InChI=1S/C20H16N4O4/c1-27-17-6-5-13(19(25)26)7-16(17)24-20-22-10-15(11-23-20)12-3-4-14(9-21)18(8-12)28-2/h3-8,10-11H,1-2H3,(H,25,26)(H,22,23,24). The molecule has 3 aromatic rings. The molecule has 2 aromatic carbocycles. The van der Waals surface area contributed by atoms with E-state index in [9.17, 15) is 4.79 Å². The number of nitrogens with one attached hydrogen (secondary N) is 1. The number of aromatic nitrogens is 2. The molecule has 0 fully saturated rings. The average molecular weight is 376 g/mol. The van der Waals surface area contributed by atoms with Gasteiger partial charge in [0.15, 0.2) is 0 Å². The number of nitriles is 1. The van der Waals surface area contributed by atoms with Crippen LogP contribution in [0.4, 0.5) is 11.6 Å². The number of hydrogen-bond acceptors (Lipinski definition) is 7. The van der Waals surface area contributed by atoms with Crippen LogP contribution in [0.3, 0.4) is 0 Å². The fourth-order valence-electron chi connectivity index (χ4n) is 2.56. The molecule has 0 aliphatic carbocycles. The normalized spacial score (nSPS) is 10.0. The van der Waals surface area contributed by atoms with Gasteiger partial charge in [0, 0.05) is 18.0 Å². The minimum Gasteiger partial charge on any atom is -0.495 e. The topological polar surface area (TPSA) is 117 Å². The number of nitrogens with zero attached hydrogens (tertiary/aromatic N) is 3. The molecule has 0 saturated carbocycles. The third-order valence-corrected chi connectivity index (χ3v) is 4.00. The number of hydrogen-bond donors (Lipinski definition) is 2. The lowest BCUT2D eigenvalue weighted by Gasteiger charge is -2.11. The minimum absolute atomic E-state index is 0.115. The van der Waals surface area contributed by atoms with Crippen molar-refractivity contribution in [2.24, 2.45) is 0 Å². The van der Waals surface area contributed by atoms with Gasteiger partial charge in [-0.15, -0.1) is 0 Å². The number of aromatic carboxylic acids is 1. The van der Waals surface area contributed by atoms with E-state index < -0.39 is 5.97 Å². The molecular weight excluding hydrogens is 360 g/mol. The molecule has 8 nitrogen and oxygen atoms in total. The Balaban J connectivity index is 1.87. The van der Waals surface area contributed by atoms with Crippen LogP contribution >= 0.6 is 0 Å². The van der Waals surface area contributed by atoms with Crippen molar-refractivity contribution in [1.82, 2.24) is 9.97 Å². The molecule has 3 rings (SSSR count). The summed E-state index contributed by atoms with van der Waals surface area (Å²) in [6.45, 7) is 0. The highest BCUT2D eigenvalue weighted by molar-refractivity contribution is 5.90. The monoisotopic (exact) mass is 376 g/mol. The van der Waals surface area contributed by atoms with E-state index in [0.717, 1.165) is 11.1 Å². The molecule has 0 bridgehead atoms. The summed E-state index contributed by atoms with van der Waals surface area (Å²) in [6, 6.07) is 11.7. The van der Waals surface area contributed by atoms with Crippen LogP contribution in [0.2, 0.25) is 0 Å². The molecule has 2 N–H and O–H groups in total. The molecule has 140 valence electrons. The Labute approximate surface area is 161 Å². The van der Waals surface area contributed by atoms with Crippen LogP contribution in [-0.2, 0) is 0 Å². The molecule has 0 spiro atoms. The van der Waals surface area contributed by atoms with Crippen LogP contribution < -0.4 is 14.8 Å². The Kier molecular flexibility index (Phi) is 5.37. The maximum atomic E-state index is 11.2. The lowest BCUT2D eigenvalue weighted by atomic mass is 10.1. The van der Waals surface area contributed by atoms with E-state index in [-0.39, 0.29) is 11.5 Å². The molecule has 8 heteroatoms. The number of ether oxygens (including phenoxy) is 2. The third-order valence-electron chi connectivity index (χ3n) is 4.00. The lowest BCUT2D eigenvalue weighted by Crippen LogP contribution is -2.02. The first-order valence-corrected chi connectivity index (χ1v) is 8.14. The number of anilines is 2. The van der Waals surface area contributed by atoms with Crippen LogP contribution in [0.1, 0.15) is 15.9 Å². The van der Waals surface area contributed by atoms with Crippen molar-refractivity contribution >= 4 is 17.6 Å². The Morgan fingerprint density at radius 2 is 1.75 bits per heavy atom. The maximum Gasteiger partial charge on any atom is 0.335 e. The van der Waals surface area contributed by atoms with Crippen LogP contribution in [0.25, 0.3) is 11.1 Å². The van der Waals surface area contributed by atoms with Gasteiger partial charge in [-0.3, -0.25) is 0 Å². The van der Waals surface area contributed by atoms with Gasteiger partial charge in [0.25, 0.3) is 0 Å². The zero-order valence-corrected chi connectivity index (χ0v) is 15.1. The van der Waals surface area contributed by atoms with Gasteiger partial charge in [-0.2, -0.15) is 5.26 Å². The first-order valence-electron chi connectivity index (χ1n) is 8.14.